The van der Waals surface area contributed by atoms with Crippen LogP contribution in [0.2, 0.25) is 0 Å². The average Bonchev–Trinajstić information content (AvgIpc) is 2.30. The van der Waals surface area contributed by atoms with Crippen LogP contribution in [0, 0.1) is 0 Å². The summed E-state index contributed by atoms with van der Waals surface area (Å²) in [6.07, 6.45) is 1.66. The Balaban J connectivity index is 3.33. The molecule has 0 aliphatic rings. The van der Waals surface area contributed by atoms with E-state index in [1.54, 1.807) is 6.08 Å². The molecule has 2 nitrogen and oxygen atoms in total. The first-order valence-electron chi connectivity index (χ1n) is 3.16. The number of allylic oxidation sites excluding steroid dienone is 1. The molecule has 0 unspecified atom stereocenters. The van der Waals surface area contributed by atoms with Crippen LogP contribution >= 0.6 is 11.3 Å². The lowest BCUT2D eigenvalue weighted by Gasteiger charge is -1.93. The molecule has 0 saturated carbocycles. The van der Waals surface area contributed by atoms with Crippen molar-refractivity contribution in [2.45, 2.75) is 6.92 Å². The van der Waals surface area contributed by atoms with E-state index < -0.39 is 0 Å². The highest BCUT2D eigenvalue weighted by molar-refractivity contribution is 7.10. The molecule has 0 aliphatic heterocycles. The van der Waals surface area contributed by atoms with Crippen LogP contribution in [0.3, 0.4) is 0 Å². The van der Waals surface area contributed by atoms with Crippen LogP contribution in [0.4, 0.5) is 0 Å². The molecule has 3 heteroatoms. The van der Waals surface area contributed by atoms with Gasteiger partial charge in [-0.1, -0.05) is 24.5 Å². The number of aromatic nitrogens is 1. The van der Waals surface area contributed by atoms with Gasteiger partial charge in [-0.25, -0.2) is 0 Å². The summed E-state index contributed by atoms with van der Waals surface area (Å²) in [6, 6.07) is 0. The van der Waals surface area contributed by atoms with E-state index in [9.17, 15) is 4.79 Å². The molecular formula is C8H9NOS. The van der Waals surface area contributed by atoms with E-state index in [4.69, 9.17) is 0 Å². The van der Waals surface area contributed by atoms with Gasteiger partial charge in [0.05, 0.1) is 10.6 Å². The fourth-order valence-corrected chi connectivity index (χ4v) is 1.56. The van der Waals surface area contributed by atoms with E-state index in [0.29, 0.717) is 0 Å². The maximum atomic E-state index is 10.8. The number of hydrogen-bond acceptors (Lipinski definition) is 2. The summed E-state index contributed by atoms with van der Waals surface area (Å²) in [6.45, 7) is 9.19. The van der Waals surface area contributed by atoms with Crippen molar-refractivity contribution in [2.75, 3.05) is 0 Å². The summed E-state index contributed by atoms with van der Waals surface area (Å²) >= 11 is 1.15. The molecule has 1 aromatic rings. The lowest BCUT2D eigenvalue weighted by Crippen LogP contribution is -1.93. The number of H-pyrrole nitrogens is 1. The maximum Gasteiger partial charge on any atom is 0.305 e. The first-order chi connectivity index (χ1) is 5.15. The van der Waals surface area contributed by atoms with Crippen molar-refractivity contribution in [3.63, 3.8) is 0 Å². The molecule has 0 spiro atoms. The Labute approximate surface area is 68.9 Å². The molecule has 0 saturated heterocycles. The Morgan fingerprint density at radius 1 is 1.73 bits per heavy atom. The Bertz CT molecular complexity index is 345. The summed E-state index contributed by atoms with van der Waals surface area (Å²) in [5, 5.41) is 0. The lowest BCUT2D eigenvalue weighted by molar-refractivity contribution is 1.28. The monoisotopic (exact) mass is 167 g/mol. The van der Waals surface area contributed by atoms with E-state index in [-0.39, 0.29) is 4.87 Å². The van der Waals surface area contributed by atoms with Crippen molar-refractivity contribution < 1.29 is 0 Å². The number of hydrogen-bond donors (Lipinski definition) is 1. The fraction of sp³-hybridized carbons (Fsp3) is 0.125. The Morgan fingerprint density at radius 3 is 2.73 bits per heavy atom. The van der Waals surface area contributed by atoms with Crippen LogP contribution < -0.4 is 4.87 Å². The van der Waals surface area contributed by atoms with Gasteiger partial charge in [0.1, 0.15) is 0 Å². The van der Waals surface area contributed by atoms with Gasteiger partial charge in [-0.3, -0.25) is 4.79 Å². The largest absolute Gasteiger partial charge is 0.312 e. The highest BCUT2D eigenvalue weighted by Crippen LogP contribution is 2.17. The second kappa shape index (κ2) is 2.88. The van der Waals surface area contributed by atoms with Crippen molar-refractivity contribution in [3.05, 3.63) is 33.4 Å². The third kappa shape index (κ3) is 1.49. The van der Waals surface area contributed by atoms with Gasteiger partial charge in [0.25, 0.3) is 0 Å². The molecule has 1 heterocycles. The van der Waals surface area contributed by atoms with Gasteiger partial charge in [0.15, 0.2) is 0 Å². The normalized spacial score (nSPS) is 9.55. The summed E-state index contributed by atoms with van der Waals surface area (Å²) in [5.41, 5.74) is 1.66. The third-order valence-electron chi connectivity index (χ3n) is 1.29. The van der Waals surface area contributed by atoms with Gasteiger partial charge in [-0.05, 0) is 18.6 Å². The van der Waals surface area contributed by atoms with Gasteiger partial charge in [0, 0.05) is 0 Å². The van der Waals surface area contributed by atoms with Crippen LogP contribution in [-0.2, 0) is 0 Å². The first-order valence-corrected chi connectivity index (χ1v) is 3.98. The average molecular weight is 167 g/mol. The van der Waals surface area contributed by atoms with E-state index in [0.717, 1.165) is 27.5 Å². The molecule has 11 heavy (non-hydrogen) atoms. The van der Waals surface area contributed by atoms with Gasteiger partial charge in [0.2, 0.25) is 0 Å². The number of rotatable bonds is 2. The van der Waals surface area contributed by atoms with Gasteiger partial charge in [-0.15, -0.1) is 0 Å². The lowest BCUT2D eigenvalue weighted by atomic mass is 10.2. The van der Waals surface area contributed by atoms with E-state index in [1.807, 2.05) is 6.92 Å². The standard InChI is InChI=1S/C8H9NOS/c1-4-6-7(5(2)3)9-8(10)11-6/h4H,1-2H2,3H3,(H,9,10). The Morgan fingerprint density at radius 2 is 2.36 bits per heavy atom. The molecule has 0 atom stereocenters. The molecule has 0 fully saturated rings. The van der Waals surface area contributed by atoms with Crippen molar-refractivity contribution in [2.24, 2.45) is 0 Å². The second-order valence-corrected chi connectivity index (χ2v) is 3.25. The zero-order chi connectivity index (χ0) is 8.43. The number of nitrogens with one attached hydrogen (secondary N) is 1. The molecule has 1 N–H and O–H groups in total. The second-order valence-electron chi connectivity index (χ2n) is 2.24. The minimum absolute atomic E-state index is 0.0575. The molecule has 0 bridgehead atoms. The van der Waals surface area contributed by atoms with E-state index in [1.165, 1.54) is 0 Å². The summed E-state index contributed by atoms with van der Waals surface area (Å²) in [4.78, 5) is 14.3. The highest BCUT2D eigenvalue weighted by atomic mass is 32.1. The van der Waals surface area contributed by atoms with Gasteiger partial charge in [-0.2, -0.15) is 0 Å². The van der Waals surface area contributed by atoms with Crippen molar-refractivity contribution in [3.8, 4) is 0 Å². The van der Waals surface area contributed by atoms with Crippen LogP contribution in [0.25, 0.3) is 11.6 Å². The zero-order valence-electron chi connectivity index (χ0n) is 6.31. The molecule has 0 aromatic carbocycles. The Hall–Kier alpha value is -1.09. The van der Waals surface area contributed by atoms with Crippen molar-refractivity contribution in [1.29, 1.82) is 0 Å². The molecule has 0 aliphatic carbocycles. The van der Waals surface area contributed by atoms with Crippen molar-refractivity contribution >= 4 is 23.0 Å². The van der Waals surface area contributed by atoms with Crippen LogP contribution in [0.15, 0.2) is 18.0 Å². The number of thiazole rings is 1. The van der Waals surface area contributed by atoms with Gasteiger partial charge < -0.3 is 4.98 Å². The predicted molar refractivity (Wildman–Crippen MR) is 49.7 cm³/mol. The third-order valence-corrected chi connectivity index (χ3v) is 2.17. The molecule has 1 aromatic heterocycles. The summed E-state index contributed by atoms with van der Waals surface area (Å²) in [5.74, 6) is 0. The molecule has 0 radical (unpaired) electrons. The molecule has 1 rings (SSSR count). The van der Waals surface area contributed by atoms with Gasteiger partial charge >= 0.3 is 4.87 Å². The molecular weight excluding hydrogens is 158 g/mol. The quantitative estimate of drug-likeness (QED) is 0.719. The maximum absolute atomic E-state index is 10.8. The Kier molecular flexibility index (Phi) is 2.10. The topological polar surface area (TPSA) is 32.9 Å². The van der Waals surface area contributed by atoms with Crippen LogP contribution in [-0.4, -0.2) is 4.98 Å². The molecule has 58 valence electrons. The SMILES string of the molecule is C=Cc1sc(=O)[nH]c1C(=C)C. The smallest absolute Gasteiger partial charge is 0.305 e. The predicted octanol–water partition coefficient (Wildman–Crippen LogP) is 2.11. The van der Waals surface area contributed by atoms with Crippen LogP contribution in [0.1, 0.15) is 17.5 Å². The molecule has 0 amide bonds. The first kappa shape index (κ1) is 8.01. The number of aromatic amines is 1. The summed E-state index contributed by atoms with van der Waals surface area (Å²) < 4.78 is 0. The highest BCUT2D eigenvalue weighted by Gasteiger charge is 2.03. The zero-order valence-corrected chi connectivity index (χ0v) is 7.12. The fourth-order valence-electron chi connectivity index (χ4n) is 0.801. The summed E-state index contributed by atoms with van der Waals surface area (Å²) in [7, 11) is 0. The van der Waals surface area contributed by atoms with Crippen LogP contribution in [0.5, 0.6) is 0 Å². The minimum Gasteiger partial charge on any atom is -0.312 e. The van der Waals surface area contributed by atoms with Crippen molar-refractivity contribution in [1.82, 2.24) is 4.98 Å². The van der Waals surface area contributed by atoms with E-state index >= 15 is 0 Å². The van der Waals surface area contributed by atoms with E-state index in [2.05, 4.69) is 18.1 Å². The minimum atomic E-state index is -0.0575.